The van der Waals surface area contributed by atoms with Gasteiger partial charge in [-0.2, -0.15) is 0 Å². The molecule has 2 radical (unpaired) electrons. The van der Waals surface area contributed by atoms with Crippen LogP contribution in [-0.4, -0.2) is 29.3 Å². The van der Waals surface area contributed by atoms with Gasteiger partial charge in [0.05, 0.1) is 11.2 Å². The highest BCUT2D eigenvalue weighted by molar-refractivity contribution is 6.32. The summed E-state index contributed by atoms with van der Waals surface area (Å²) >= 11 is 0. The number of hydrogen-bond donors (Lipinski definition) is 2. The lowest BCUT2D eigenvalue weighted by molar-refractivity contribution is -0.107. The van der Waals surface area contributed by atoms with E-state index >= 15 is 0 Å². The first-order valence-electron chi connectivity index (χ1n) is 8.35. The Hall–Kier alpha value is -2.30. The van der Waals surface area contributed by atoms with Crippen molar-refractivity contribution in [2.75, 3.05) is 0 Å². The van der Waals surface area contributed by atoms with Gasteiger partial charge >= 0.3 is 0 Å². The SMILES string of the molecule is CC(C)(O)C(C)(C)O.[B]c1ccc(Oc2ccc(C=C)c(C=C)c2)cc1. The van der Waals surface area contributed by atoms with E-state index < -0.39 is 11.2 Å². The maximum absolute atomic E-state index is 9.10. The van der Waals surface area contributed by atoms with Crippen molar-refractivity contribution in [3.05, 3.63) is 66.7 Å². The predicted molar refractivity (Wildman–Crippen MR) is 111 cm³/mol. The summed E-state index contributed by atoms with van der Waals surface area (Å²) in [5, 5.41) is 18.2. The number of rotatable bonds is 5. The van der Waals surface area contributed by atoms with Crippen LogP contribution in [-0.2, 0) is 0 Å². The van der Waals surface area contributed by atoms with Crippen molar-refractivity contribution in [3.63, 3.8) is 0 Å². The molecule has 0 saturated carbocycles. The molecule has 0 atom stereocenters. The van der Waals surface area contributed by atoms with Crippen LogP contribution in [0.2, 0.25) is 0 Å². The summed E-state index contributed by atoms with van der Waals surface area (Å²) < 4.78 is 5.74. The van der Waals surface area contributed by atoms with E-state index in [-0.39, 0.29) is 0 Å². The van der Waals surface area contributed by atoms with Crippen LogP contribution in [0.5, 0.6) is 11.5 Å². The minimum absolute atomic E-state index is 0.719. The minimum Gasteiger partial charge on any atom is -0.457 e. The zero-order chi connectivity index (χ0) is 20.0. The maximum atomic E-state index is 9.10. The topological polar surface area (TPSA) is 49.7 Å². The lowest BCUT2D eigenvalue weighted by Crippen LogP contribution is -2.44. The highest BCUT2D eigenvalue weighted by Crippen LogP contribution is 2.24. The number of aliphatic hydroxyl groups is 2. The van der Waals surface area contributed by atoms with Gasteiger partial charge in [-0.05, 0) is 63.1 Å². The third-order valence-corrected chi connectivity index (χ3v) is 4.11. The van der Waals surface area contributed by atoms with Gasteiger partial charge in [-0.1, -0.05) is 49.0 Å². The quantitative estimate of drug-likeness (QED) is 0.799. The molecule has 3 nitrogen and oxygen atoms in total. The van der Waals surface area contributed by atoms with Gasteiger partial charge in [-0.15, -0.1) is 0 Å². The van der Waals surface area contributed by atoms with Gasteiger partial charge < -0.3 is 14.9 Å². The fourth-order valence-corrected chi connectivity index (χ4v) is 1.65. The summed E-state index contributed by atoms with van der Waals surface area (Å²) in [6.45, 7) is 13.8. The zero-order valence-electron chi connectivity index (χ0n) is 16.0. The number of benzene rings is 2. The van der Waals surface area contributed by atoms with E-state index in [2.05, 4.69) is 13.2 Å². The van der Waals surface area contributed by atoms with Crippen LogP contribution in [0.15, 0.2) is 55.6 Å². The monoisotopic (exact) mass is 350 g/mol. The first kappa shape index (κ1) is 21.7. The van der Waals surface area contributed by atoms with Crippen LogP contribution >= 0.6 is 0 Å². The maximum Gasteiger partial charge on any atom is 0.128 e. The van der Waals surface area contributed by atoms with Crippen LogP contribution in [0.4, 0.5) is 0 Å². The molecule has 0 aliphatic rings. The van der Waals surface area contributed by atoms with Gasteiger partial charge in [0, 0.05) is 0 Å². The molecule has 136 valence electrons. The van der Waals surface area contributed by atoms with E-state index in [0.717, 1.165) is 28.1 Å². The summed E-state index contributed by atoms with van der Waals surface area (Å²) in [4.78, 5) is 0. The van der Waals surface area contributed by atoms with Crippen LogP contribution < -0.4 is 10.2 Å². The van der Waals surface area contributed by atoms with E-state index in [4.69, 9.17) is 22.8 Å². The Kier molecular flexibility index (Phi) is 7.43. The molecule has 0 bridgehead atoms. The Morgan fingerprint density at radius 2 is 1.27 bits per heavy atom. The van der Waals surface area contributed by atoms with E-state index in [1.165, 1.54) is 0 Å². The third kappa shape index (κ3) is 6.55. The number of ether oxygens (including phenoxy) is 1. The summed E-state index contributed by atoms with van der Waals surface area (Å²) in [6.07, 6.45) is 3.58. The molecule has 26 heavy (non-hydrogen) atoms. The molecule has 0 heterocycles. The average Bonchev–Trinajstić information content (AvgIpc) is 2.55. The molecular weight excluding hydrogens is 323 g/mol. The Morgan fingerprint density at radius 3 is 1.69 bits per heavy atom. The van der Waals surface area contributed by atoms with E-state index in [9.17, 15) is 0 Å². The molecule has 0 amide bonds. The zero-order valence-corrected chi connectivity index (χ0v) is 16.0. The Labute approximate surface area is 158 Å². The lowest BCUT2D eigenvalue weighted by atomic mass is 9.90. The fraction of sp³-hybridized carbons (Fsp3) is 0.273. The Balaban J connectivity index is 0.000000359. The molecule has 0 aromatic heterocycles. The second-order valence-electron chi connectivity index (χ2n) is 6.99. The van der Waals surface area contributed by atoms with E-state index in [1.807, 2.05) is 42.5 Å². The first-order valence-corrected chi connectivity index (χ1v) is 8.35. The molecular formula is C22H27BO3. The highest BCUT2D eigenvalue weighted by Gasteiger charge is 2.31. The van der Waals surface area contributed by atoms with Crippen LogP contribution in [0.25, 0.3) is 12.2 Å². The molecule has 0 unspecified atom stereocenters. The molecule has 0 aliphatic carbocycles. The van der Waals surface area contributed by atoms with Crippen LogP contribution in [0, 0.1) is 0 Å². The van der Waals surface area contributed by atoms with Crippen LogP contribution in [0.3, 0.4) is 0 Å². The predicted octanol–water partition coefficient (Wildman–Crippen LogP) is 4.09. The summed E-state index contributed by atoms with van der Waals surface area (Å²) in [7, 11) is 5.62. The van der Waals surface area contributed by atoms with Crippen molar-refractivity contribution in [2.24, 2.45) is 0 Å². The molecule has 2 aromatic carbocycles. The summed E-state index contributed by atoms with van der Waals surface area (Å²) in [5.74, 6) is 1.52. The molecule has 2 aromatic rings. The van der Waals surface area contributed by atoms with E-state index in [0.29, 0.717) is 0 Å². The molecule has 0 aliphatic heterocycles. The van der Waals surface area contributed by atoms with Gasteiger partial charge in [-0.25, -0.2) is 0 Å². The van der Waals surface area contributed by atoms with Gasteiger partial charge in [0.1, 0.15) is 19.3 Å². The normalized spacial score (nSPS) is 11.2. The molecule has 2 rings (SSSR count). The molecule has 0 spiro atoms. The van der Waals surface area contributed by atoms with Crippen molar-refractivity contribution in [3.8, 4) is 11.5 Å². The first-order chi connectivity index (χ1) is 12.0. The van der Waals surface area contributed by atoms with E-state index in [1.54, 1.807) is 39.8 Å². The highest BCUT2D eigenvalue weighted by atomic mass is 16.5. The average molecular weight is 350 g/mol. The summed E-state index contributed by atoms with van der Waals surface area (Å²) in [5.41, 5.74) is 0.740. The van der Waals surface area contributed by atoms with Gasteiger partial charge in [0.25, 0.3) is 0 Å². The van der Waals surface area contributed by atoms with Crippen molar-refractivity contribution in [1.82, 2.24) is 0 Å². The second kappa shape index (κ2) is 8.88. The molecule has 2 N–H and O–H groups in total. The van der Waals surface area contributed by atoms with Crippen molar-refractivity contribution >= 4 is 25.5 Å². The van der Waals surface area contributed by atoms with Crippen LogP contribution in [0.1, 0.15) is 38.8 Å². The smallest absolute Gasteiger partial charge is 0.128 e. The van der Waals surface area contributed by atoms with Gasteiger partial charge in [0.2, 0.25) is 0 Å². The van der Waals surface area contributed by atoms with Crippen molar-refractivity contribution in [2.45, 2.75) is 38.9 Å². The molecule has 0 saturated heterocycles. The lowest BCUT2D eigenvalue weighted by Gasteiger charge is -2.31. The fourth-order valence-electron chi connectivity index (χ4n) is 1.65. The van der Waals surface area contributed by atoms with Crippen molar-refractivity contribution in [1.29, 1.82) is 0 Å². The standard InChI is InChI=1S/C16H13BO.C6H14O2/c1-3-12-5-8-16(11-13(12)4-2)18-15-9-6-14(17)7-10-15;1-5(2,7)6(3,4)8/h3-11H,1-2H2;7-8H,1-4H3. The van der Waals surface area contributed by atoms with Gasteiger partial charge in [-0.3, -0.25) is 0 Å². The molecule has 0 fully saturated rings. The molecule has 4 heteroatoms. The third-order valence-electron chi connectivity index (χ3n) is 4.11. The Morgan fingerprint density at radius 1 is 0.808 bits per heavy atom. The van der Waals surface area contributed by atoms with Crippen molar-refractivity contribution < 1.29 is 14.9 Å². The van der Waals surface area contributed by atoms with Gasteiger partial charge in [0.15, 0.2) is 0 Å². The Bertz CT molecular complexity index is 723. The minimum atomic E-state index is -1.01. The summed E-state index contributed by atoms with van der Waals surface area (Å²) in [6, 6.07) is 13.1. The largest absolute Gasteiger partial charge is 0.457 e. The second-order valence-corrected chi connectivity index (χ2v) is 6.99. The number of hydrogen-bond acceptors (Lipinski definition) is 3.